The van der Waals surface area contributed by atoms with Crippen LogP contribution in [0.25, 0.3) is 6.08 Å². The average Bonchev–Trinajstić information content (AvgIpc) is 2.67. The molecule has 8 nitrogen and oxygen atoms in total. The zero-order valence-electron chi connectivity index (χ0n) is 14.3. The fraction of sp³-hybridized carbons (Fsp3) is 0.105. The van der Waals surface area contributed by atoms with E-state index in [0.717, 1.165) is 6.08 Å². The number of nitro groups is 1. The van der Waals surface area contributed by atoms with E-state index in [1.165, 1.54) is 31.2 Å². The Hall–Kier alpha value is -3.99. The summed E-state index contributed by atoms with van der Waals surface area (Å²) in [7, 11) is 0. The maximum atomic E-state index is 12.0. The van der Waals surface area contributed by atoms with Gasteiger partial charge in [-0.1, -0.05) is 12.1 Å². The van der Waals surface area contributed by atoms with Crippen molar-refractivity contribution in [3.63, 3.8) is 0 Å². The predicted molar refractivity (Wildman–Crippen MR) is 97.5 cm³/mol. The van der Waals surface area contributed by atoms with Crippen molar-refractivity contribution in [3.05, 3.63) is 75.8 Å². The van der Waals surface area contributed by atoms with Gasteiger partial charge in [0.15, 0.2) is 6.10 Å². The Bertz CT molecular complexity index is 929. The first-order valence-electron chi connectivity index (χ1n) is 7.83. The highest BCUT2D eigenvalue weighted by molar-refractivity contribution is 5.96. The second-order valence-corrected chi connectivity index (χ2v) is 5.44. The van der Waals surface area contributed by atoms with Gasteiger partial charge in [-0.2, -0.15) is 5.26 Å². The highest BCUT2D eigenvalue weighted by Gasteiger charge is 2.16. The maximum Gasteiger partial charge on any atom is 0.331 e. The van der Waals surface area contributed by atoms with Crippen molar-refractivity contribution >= 4 is 29.3 Å². The number of amides is 1. The molecule has 0 aliphatic rings. The van der Waals surface area contributed by atoms with Gasteiger partial charge in [-0.15, -0.1) is 0 Å². The van der Waals surface area contributed by atoms with E-state index in [-0.39, 0.29) is 5.69 Å². The molecule has 0 unspecified atom stereocenters. The zero-order valence-corrected chi connectivity index (χ0v) is 14.3. The summed E-state index contributed by atoms with van der Waals surface area (Å²) in [6.07, 6.45) is 1.40. The topological polar surface area (TPSA) is 122 Å². The summed E-state index contributed by atoms with van der Waals surface area (Å²) in [5.41, 5.74) is 1.28. The number of hydrogen-bond acceptors (Lipinski definition) is 6. The third-order valence-corrected chi connectivity index (χ3v) is 3.44. The summed E-state index contributed by atoms with van der Waals surface area (Å²) in [5.74, 6) is -1.29. The number of ether oxygens (including phenoxy) is 1. The molecule has 0 spiro atoms. The molecule has 0 saturated heterocycles. The molecule has 136 valence electrons. The largest absolute Gasteiger partial charge is 0.449 e. The number of nitriles is 1. The number of carbonyl (C=O) groups excluding carboxylic acids is 2. The van der Waals surface area contributed by atoms with Gasteiger partial charge in [-0.25, -0.2) is 4.79 Å². The number of non-ortho nitro benzene ring substituents is 1. The van der Waals surface area contributed by atoms with Gasteiger partial charge in [0, 0.05) is 23.9 Å². The van der Waals surface area contributed by atoms with Crippen LogP contribution in [0.3, 0.4) is 0 Å². The van der Waals surface area contributed by atoms with Crippen LogP contribution < -0.4 is 5.32 Å². The monoisotopic (exact) mass is 365 g/mol. The van der Waals surface area contributed by atoms with Gasteiger partial charge in [0.25, 0.3) is 11.6 Å². The van der Waals surface area contributed by atoms with Crippen LogP contribution in [0.1, 0.15) is 18.1 Å². The number of nitrogens with zero attached hydrogens (tertiary/aromatic N) is 2. The molecule has 1 N–H and O–H groups in total. The number of hydrogen-bond donors (Lipinski definition) is 1. The lowest BCUT2D eigenvalue weighted by Gasteiger charge is -2.12. The third-order valence-electron chi connectivity index (χ3n) is 3.44. The Kier molecular flexibility index (Phi) is 6.39. The number of nitro benzene ring substituents is 1. The van der Waals surface area contributed by atoms with Gasteiger partial charge < -0.3 is 10.1 Å². The lowest BCUT2D eigenvalue weighted by Crippen LogP contribution is -2.29. The molecular formula is C19H15N3O5. The Morgan fingerprint density at radius 1 is 1.26 bits per heavy atom. The van der Waals surface area contributed by atoms with Crippen molar-refractivity contribution < 1.29 is 19.2 Å². The highest BCUT2D eigenvalue weighted by Crippen LogP contribution is 2.14. The Labute approximate surface area is 154 Å². The van der Waals surface area contributed by atoms with Gasteiger partial charge in [0.05, 0.1) is 16.6 Å². The molecule has 8 heteroatoms. The van der Waals surface area contributed by atoms with Crippen molar-refractivity contribution in [2.24, 2.45) is 0 Å². The number of nitrogens with one attached hydrogen (secondary N) is 1. The van der Waals surface area contributed by atoms with Crippen LogP contribution in [0.15, 0.2) is 54.6 Å². The summed E-state index contributed by atoms with van der Waals surface area (Å²) >= 11 is 0. The number of benzene rings is 2. The smallest absolute Gasteiger partial charge is 0.331 e. The summed E-state index contributed by atoms with van der Waals surface area (Å²) in [4.78, 5) is 34.1. The number of esters is 1. The SMILES string of the molecule is C[C@@H](OC(=O)/C=C/c1cccc([N+](=O)[O-])c1)C(=O)Nc1ccc(C#N)cc1. The third kappa shape index (κ3) is 5.79. The van der Waals surface area contributed by atoms with E-state index in [9.17, 15) is 19.7 Å². The second kappa shape index (κ2) is 8.92. The Morgan fingerprint density at radius 3 is 2.59 bits per heavy atom. The van der Waals surface area contributed by atoms with Gasteiger partial charge in [-0.3, -0.25) is 14.9 Å². The van der Waals surface area contributed by atoms with Gasteiger partial charge in [-0.05, 0) is 42.8 Å². The highest BCUT2D eigenvalue weighted by atomic mass is 16.6. The van der Waals surface area contributed by atoms with Crippen LogP contribution >= 0.6 is 0 Å². The molecule has 2 rings (SSSR count). The molecule has 1 amide bonds. The molecule has 2 aromatic carbocycles. The van der Waals surface area contributed by atoms with E-state index < -0.39 is 22.9 Å². The maximum absolute atomic E-state index is 12.0. The summed E-state index contributed by atoms with van der Waals surface area (Å²) < 4.78 is 5.00. The number of rotatable bonds is 6. The first kappa shape index (κ1) is 19.3. The van der Waals surface area contributed by atoms with E-state index in [1.807, 2.05) is 6.07 Å². The van der Waals surface area contributed by atoms with Crippen LogP contribution in [-0.2, 0) is 14.3 Å². The fourth-order valence-electron chi connectivity index (χ4n) is 2.05. The van der Waals surface area contributed by atoms with Crippen LogP contribution in [0, 0.1) is 21.4 Å². The molecular weight excluding hydrogens is 350 g/mol. The predicted octanol–water partition coefficient (Wildman–Crippen LogP) is 3.05. The van der Waals surface area contributed by atoms with Crippen LogP contribution in [0.5, 0.6) is 0 Å². The molecule has 0 bridgehead atoms. The van der Waals surface area contributed by atoms with E-state index >= 15 is 0 Å². The molecule has 27 heavy (non-hydrogen) atoms. The minimum absolute atomic E-state index is 0.0966. The lowest BCUT2D eigenvalue weighted by atomic mass is 10.2. The normalized spacial score (nSPS) is 11.4. The molecule has 0 radical (unpaired) electrons. The molecule has 0 fully saturated rings. The summed E-state index contributed by atoms with van der Waals surface area (Å²) in [6.45, 7) is 1.41. The van der Waals surface area contributed by atoms with Gasteiger partial charge in [0.2, 0.25) is 0 Å². The second-order valence-electron chi connectivity index (χ2n) is 5.44. The quantitative estimate of drug-likeness (QED) is 0.363. The minimum atomic E-state index is -1.05. The molecule has 0 heterocycles. The zero-order chi connectivity index (χ0) is 19.8. The lowest BCUT2D eigenvalue weighted by molar-refractivity contribution is -0.384. The van der Waals surface area contributed by atoms with Gasteiger partial charge in [0.1, 0.15) is 0 Å². The van der Waals surface area contributed by atoms with Crippen molar-refractivity contribution in [2.45, 2.75) is 13.0 Å². The van der Waals surface area contributed by atoms with Crippen molar-refractivity contribution in [1.82, 2.24) is 0 Å². The van der Waals surface area contributed by atoms with Crippen molar-refractivity contribution in [3.8, 4) is 6.07 Å². The molecule has 0 aromatic heterocycles. The molecule has 0 aliphatic heterocycles. The van der Waals surface area contributed by atoms with E-state index in [4.69, 9.17) is 10.00 Å². The minimum Gasteiger partial charge on any atom is -0.449 e. The first-order chi connectivity index (χ1) is 12.9. The first-order valence-corrected chi connectivity index (χ1v) is 7.83. The van der Waals surface area contributed by atoms with Crippen LogP contribution in [0.4, 0.5) is 11.4 Å². The van der Waals surface area contributed by atoms with Crippen LogP contribution in [-0.4, -0.2) is 22.9 Å². The Balaban J connectivity index is 1.92. The van der Waals surface area contributed by atoms with Crippen molar-refractivity contribution in [1.29, 1.82) is 5.26 Å². The average molecular weight is 365 g/mol. The molecule has 0 saturated carbocycles. The van der Waals surface area contributed by atoms with Crippen molar-refractivity contribution in [2.75, 3.05) is 5.32 Å². The number of anilines is 1. The number of carbonyl (C=O) groups is 2. The van der Waals surface area contributed by atoms with E-state index in [1.54, 1.807) is 30.3 Å². The summed E-state index contributed by atoms with van der Waals surface area (Å²) in [5, 5.41) is 22.0. The van der Waals surface area contributed by atoms with E-state index in [0.29, 0.717) is 16.8 Å². The van der Waals surface area contributed by atoms with Gasteiger partial charge >= 0.3 is 5.97 Å². The fourth-order valence-corrected chi connectivity index (χ4v) is 2.05. The summed E-state index contributed by atoms with van der Waals surface area (Å²) in [6, 6.07) is 13.9. The van der Waals surface area contributed by atoms with Crippen LogP contribution in [0.2, 0.25) is 0 Å². The molecule has 0 aliphatic carbocycles. The molecule has 2 aromatic rings. The Morgan fingerprint density at radius 2 is 1.96 bits per heavy atom. The molecule has 1 atom stereocenters. The van der Waals surface area contributed by atoms with E-state index in [2.05, 4.69) is 5.32 Å². The standard InChI is InChI=1S/C19H15N3O5/c1-13(19(24)21-16-8-5-15(12-20)6-9-16)27-18(23)10-7-14-3-2-4-17(11-14)22(25)26/h2-11,13H,1H3,(H,21,24)/b10-7+/t13-/m1/s1.